The molecule has 6 heteroatoms. The second-order valence-electron chi connectivity index (χ2n) is 5.72. The second kappa shape index (κ2) is 6.27. The van der Waals surface area contributed by atoms with Crippen LogP contribution in [0.2, 0.25) is 0 Å². The molecule has 5 nitrogen and oxygen atoms in total. The molecule has 1 heterocycles. The molecule has 22 heavy (non-hydrogen) atoms. The molecule has 1 aliphatic rings. The summed E-state index contributed by atoms with van der Waals surface area (Å²) in [6.07, 6.45) is 6.68. The largest absolute Gasteiger partial charge is 0.327 e. The van der Waals surface area contributed by atoms with Gasteiger partial charge < -0.3 is 11.1 Å². The molecule has 0 saturated heterocycles. The molecular weight excluding hydrogens is 283 g/mol. The zero-order valence-electron chi connectivity index (χ0n) is 12.2. The van der Waals surface area contributed by atoms with E-state index in [0.717, 1.165) is 19.3 Å². The first-order chi connectivity index (χ1) is 10.6. The summed E-state index contributed by atoms with van der Waals surface area (Å²) in [5.41, 5.74) is 6.77. The van der Waals surface area contributed by atoms with E-state index in [1.165, 1.54) is 10.7 Å². The molecule has 0 bridgehead atoms. The Hall–Kier alpha value is -2.21. The van der Waals surface area contributed by atoms with Gasteiger partial charge in [-0.15, -0.1) is 0 Å². The first-order valence-electron chi connectivity index (χ1n) is 7.48. The van der Waals surface area contributed by atoms with E-state index in [1.807, 2.05) is 0 Å². The average molecular weight is 302 g/mol. The van der Waals surface area contributed by atoms with Crippen molar-refractivity contribution in [3.8, 4) is 5.69 Å². The fraction of sp³-hybridized carbons (Fsp3) is 0.375. The molecular formula is C16H19FN4O. The van der Waals surface area contributed by atoms with Crippen molar-refractivity contribution >= 4 is 11.6 Å². The number of rotatable bonds is 4. The number of nitrogens with one attached hydrogen (secondary N) is 1. The molecule has 3 rings (SSSR count). The molecule has 2 aromatic rings. The molecule has 0 unspecified atom stereocenters. The summed E-state index contributed by atoms with van der Waals surface area (Å²) in [6.45, 7) is 0. The second-order valence-corrected chi connectivity index (χ2v) is 5.72. The maximum absolute atomic E-state index is 14.1. The van der Waals surface area contributed by atoms with E-state index in [1.54, 1.807) is 30.6 Å². The summed E-state index contributed by atoms with van der Waals surface area (Å²) in [4.78, 5) is 12.0. The highest BCUT2D eigenvalue weighted by atomic mass is 19.1. The Bertz CT molecular complexity index is 656. The van der Waals surface area contributed by atoms with Gasteiger partial charge in [-0.1, -0.05) is 6.42 Å². The van der Waals surface area contributed by atoms with E-state index in [2.05, 4.69) is 10.4 Å². The number of aromatic nitrogens is 2. The molecule has 1 saturated carbocycles. The average Bonchev–Trinajstić information content (AvgIpc) is 3.12. The van der Waals surface area contributed by atoms with Gasteiger partial charge in [0.05, 0.1) is 0 Å². The van der Waals surface area contributed by atoms with Crippen LogP contribution in [-0.4, -0.2) is 21.7 Å². The van der Waals surface area contributed by atoms with Crippen molar-refractivity contribution in [1.29, 1.82) is 0 Å². The van der Waals surface area contributed by atoms with Gasteiger partial charge in [-0.25, -0.2) is 9.07 Å². The van der Waals surface area contributed by atoms with Gasteiger partial charge in [-0.05, 0) is 43.0 Å². The minimum atomic E-state index is -0.431. The number of halogens is 1. The SMILES string of the molecule is N[C@@H]1CCC[C@H]1CC(=O)Nc1ccc(-n2cccn2)c(F)c1. The highest BCUT2D eigenvalue weighted by Crippen LogP contribution is 2.27. The first kappa shape index (κ1) is 14.7. The third-order valence-electron chi connectivity index (χ3n) is 4.15. The Labute approximate surface area is 128 Å². The topological polar surface area (TPSA) is 72.9 Å². The van der Waals surface area contributed by atoms with Crippen LogP contribution in [0.15, 0.2) is 36.7 Å². The van der Waals surface area contributed by atoms with Crippen molar-refractivity contribution in [3.05, 3.63) is 42.5 Å². The zero-order valence-corrected chi connectivity index (χ0v) is 12.2. The van der Waals surface area contributed by atoms with Crippen molar-refractivity contribution in [3.63, 3.8) is 0 Å². The number of carbonyl (C=O) groups excluding carboxylic acids is 1. The first-order valence-corrected chi connectivity index (χ1v) is 7.48. The molecule has 1 aliphatic carbocycles. The molecule has 0 spiro atoms. The van der Waals surface area contributed by atoms with Gasteiger partial charge in [0, 0.05) is 30.5 Å². The lowest BCUT2D eigenvalue weighted by Crippen LogP contribution is -2.28. The number of nitrogens with zero attached hydrogens (tertiary/aromatic N) is 2. The van der Waals surface area contributed by atoms with Crippen molar-refractivity contribution in [2.45, 2.75) is 31.7 Å². The predicted molar refractivity (Wildman–Crippen MR) is 82.1 cm³/mol. The van der Waals surface area contributed by atoms with Gasteiger partial charge in [-0.2, -0.15) is 5.10 Å². The van der Waals surface area contributed by atoms with Crippen molar-refractivity contribution in [2.75, 3.05) is 5.32 Å². The number of amides is 1. The Morgan fingerprint density at radius 3 is 2.95 bits per heavy atom. The van der Waals surface area contributed by atoms with Crippen LogP contribution in [0.5, 0.6) is 0 Å². The molecule has 0 aliphatic heterocycles. The summed E-state index contributed by atoms with van der Waals surface area (Å²) < 4.78 is 15.5. The van der Waals surface area contributed by atoms with Crippen LogP contribution in [0.25, 0.3) is 5.69 Å². The standard InChI is InChI=1S/C16H19FN4O/c17-13-10-12(5-6-15(13)21-8-2-7-19-21)20-16(22)9-11-3-1-4-14(11)18/h2,5-8,10-11,14H,1,3-4,9,18H2,(H,20,22)/t11-,14+/m0/s1. The van der Waals surface area contributed by atoms with Gasteiger partial charge in [0.1, 0.15) is 5.69 Å². The summed E-state index contributed by atoms with van der Waals surface area (Å²) >= 11 is 0. The molecule has 3 N–H and O–H groups in total. The molecule has 1 aromatic heterocycles. The Morgan fingerprint density at radius 2 is 2.32 bits per heavy atom. The van der Waals surface area contributed by atoms with Gasteiger partial charge in [-0.3, -0.25) is 4.79 Å². The smallest absolute Gasteiger partial charge is 0.224 e. The van der Waals surface area contributed by atoms with E-state index in [4.69, 9.17) is 5.73 Å². The van der Waals surface area contributed by atoms with Crippen molar-refractivity contribution in [1.82, 2.24) is 9.78 Å². The normalized spacial score (nSPS) is 21.0. The number of benzene rings is 1. The number of anilines is 1. The zero-order chi connectivity index (χ0) is 15.5. The number of hydrogen-bond acceptors (Lipinski definition) is 3. The lowest BCUT2D eigenvalue weighted by molar-refractivity contribution is -0.117. The molecule has 1 fully saturated rings. The maximum atomic E-state index is 14.1. The van der Waals surface area contributed by atoms with E-state index in [0.29, 0.717) is 17.8 Å². The van der Waals surface area contributed by atoms with Gasteiger partial charge in [0.15, 0.2) is 5.82 Å². The molecule has 2 atom stereocenters. The Morgan fingerprint density at radius 1 is 1.45 bits per heavy atom. The van der Waals surface area contributed by atoms with E-state index < -0.39 is 5.82 Å². The Balaban J connectivity index is 1.65. The van der Waals surface area contributed by atoms with E-state index in [-0.39, 0.29) is 17.9 Å². The van der Waals surface area contributed by atoms with Crippen LogP contribution in [0.1, 0.15) is 25.7 Å². The third-order valence-corrected chi connectivity index (χ3v) is 4.15. The number of nitrogens with two attached hydrogens (primary N) is 1. The van der Waals surface area contributed by atoms with Crippen LogP contribution >= 0.6 is 0 Å². The number of hydrogen-bond donors (Lipinski definition) is 2. The monoisotopic (exact) mass is 302 g/mol. The lowest BCUT2D eigenvalue weighted by atomic mass is 10.00. The summed E-state index contributed by atoms with van der Waals surface area (Å²) in [5, 5.41) is 6.73. The van der Waals surface area contributed by atoms with Gasteiger partial charge >= 0.3 is 0 Å². The van der Waals surface area contributed by atoms with E-state index in [9.17, 15) is 9.18 Å². The highest BCUT2D eigenvalue weighted by molar-refractivity contribution is 5.91. The van der Waals surface area contributed by atoms with Gasteiger partial charge in [0.25, 0.3) is 0 Å². The van der Waals surface area contributed by atoms with E-state index >= 15 is 0 Å². The molecule has 1 amide bonds. The quantitative estimate of drug-likeness (QED) is 0.911. The summed E-state index contributed by atoms with van der Waals surface area (Å²) in [6, 6.07) is 6.40. The minimum Gasteiger partial charge on any atom is -0.327 e. The van der Waals surface area contributed by atoms with Crippen LogP contribution in [0.3, 0.4) is 0 Å². The van der Waals surface area contributed by atoms with Crippen molar-refractivity contribution < 1.29 is 9.18 Å². The van der Waals surface area contributed by atoms with Gasteiger partial charge in [0.2, 0.25) is 5.91 Å². The van der Waals surface area contributed by atoms with Crippen LogP contribution in [0, 0.1) is 11.7 Å². The molecule has 0 radical (unpaired) electrons. The fourth-order valence-corrected chi connectivity index (χ4v) is 2.95. The highest BCUT2D eigenvalue weighted by Gasteiger charge is 2.26. The van der Waals surface area contributed by atoms with Crippen molar-refractivity contribution in [2.24, 2.45) is 11.7 Å². The summed E-state index contributed by atoms with van der Waals surface area (Å²) in [7, 11) is 0. The lowest BCUT2D eigenvalue weighted by Gasteiger charge is -2.15. The maximum Gasteiger partial charge on any atom is 0.224 e. The van der Waals surface area contributed by atoms with Crippen LogP contribution in [0.4, 0.5) is 10.1 Å². The fourth-order valence-electron chi connectivity index (χ4n) is 2.95. The molecule has 116 valence electrons. The Kier molecular flexibility index (Phi) is 4.20. The van der Waals surface area contributed by atoms with Crippen LogP contribution in [-0.2, 0) is 4.79 Å². The minimum absolute atomic E-state index is 0.102. The molecule has 1 aromatic carbocycles. The number of carbonyl (C=O) groups is 1. The summed E-state index contributed by atoms with van der Waals surface area (Å²) in [5.74, 6) is -0.319. The van der Waals surface area contributed by atoms with Crippen LogP contribution < -0.4 is 11.1 Å². The predicted octanol–water partition coefficient (Wildman–Crippen LogP) is 2.47. The third kappa shape index (κ3) is 3.17.